The van der Waals surface area contributed by atoms with Crippen molar-refractivity contribution >= 4 is 5.97 Å². The van der Waals surface area contributed by atoms with Gasteiger partial charge >= 0.3 is 5.97 Å². The topological polar surface area (TPSA) is 52.1 Å². The molecule has 1 aliphatic heterocycles. The molecule has 2 heterocycles. The number of cyclic esters (lactones) is 1. The van der Waals surface area contributed by atoms with Crippen LogP contribution >= 0.6 is 0 Å². The molecule has 0 amide bonds. The predicted molar refractivity (Wildman–Crippen MR) is 31.2 cm³/mol. The number of carbonyl (C=O) groups is 1. The van der Waals surface area contributed by atoms with E-state index in [1.165, 1.54) is 6.20 Å². The third-order valence-electron chi connectivity index (χ3n) is 1.31. The Morgan fingerprint density at radius 3 is 3.00 bits per heavy atom. The van der Waals surface area contributed by atoms with Crippen molar-refractivity contribution in [2.75, 3.05) is 0 Å². The van der Waals surface area contributed by atoms with Crippen molar-refractivity contribution in [3.63, 3.8) is 0 Å². The zero-order chi connectivity index (χ0) is 6.97. The van der Waals surface area contributed by atoms with Gasteiger partial charge in [-0.15, -0.1) is 0 Å². The van der Waals surface area contributed by atoms with Crippen LogP contribution in [0.25, 0.3) is 0 Å². The molecule has 0 atom stereocenters. The maximum Gasteiger partial charge on any atom is 0.359 e. The first-order valence-corrected chi connectivity index (χ1v) is 2.85. The SMILES string of the molecule is O=C1OCc2nccnc21. The molecule has 0 N–H and O–H groups in total. The van der Waals surface area contributed by atoms with Gasteiger partial charge < -0.3 is 4.74 Å². The summed E-state index contributed by atoms with van der Waals surface area (Å²) in [5.74, 6) is -0.372. The molecule has 0 aromatic carbocycles. The number of carbonyl (C=O) groups excluding carboxylic acids is 1. The first-order valence-electron chi connectivity index (χ1n) is 2.85. The maximum absolute atomic E-state index is 10.7. The number of hydrogen-bond acceptors (Lipinski definition) is 4. The molecule has 4 heteroatoms. The average Bonchev–Trinajstić information content (AvgIpc) is 2.34. The van der Waals surface area contributed by atoms with Gasteiger partial charge in [-0.05, 0) is 0 Å². The minimum atomic E-state index is -0.372. The van der Waals surface area contributed by atoms with E-state index in [4.69, 9.17) is 0 Å². The molecular weight excluding hydrogens is 132 g/mol. The molecule has 0 bridgehead atoms. The second kappa shape index (κ2) is 1.76. The fraction of sp³-hybridized carbons (Fsp3) is 0.167. The van der Waals surface area contributed by atoms with Crippen molar-refractivity contribution in [1.82, 2.24) is 9.97 Å². The van der Waals surface area contributed by atoms with Crippen LogP contribution in [0, 0.1) is 0 Å². The van der Waals surface area contributed by atoms with E-state index in [9.17, 15) is 4.79 Å². The van der Waals surface area contributed by atoms with Crippen LogP contribution < -0.4 is 0 Å². The van der Waals surface area contributed by atoms with Gasteiger partial charge in [0.2, 0.25) is 0 Å². The monoisotopic (exact) mass is 136 g/mol. The number of aromatic nitrogens is 2. The number of fused-ring (bicyclic) bond motifs is 1. The van der Waals surface area contributed by atoms with E-state index >= 15 is 0 Å². The summed E-state index contributed by atoms with van der Waals surface area (Å²) in [4.78, 5) is 18.4. The lowest BCUT2D eigenvalue weighted by molar-refractivity contribution is 0.0529. The molecular formula is C6H4N2O2. The Morgan fingerprint density at radius 1 is 1.40 bits per heavy atom. The van der Waals surface area contributed by atoms with Gasteiger partial charge in [0.1, 0.15) is 12.3 Å². The second-order valence-corrected chi connectivity index (χ2v) is 1.93. The predicted octanol–water partition coefficient (Wildman–Crippen LogP) is 0.147. The summed E-state index contributed by atoms with van der Waals surface area (Å²) in [5.41, 5.74) is 0.981. The van der Waals surface area contributed by atoms with E-state index < -0.39 is 0 Å². The van der Waals surface area contributed by atoms with E-state index in [2.05, 4.69) is 14.7 Å². The first kappa shape index (κ1) is 5.34. The molecule has 1 aromatic rings. The molecule has 0 aliphatic carbocycles. The zero-order valence-corrected chi connectivity index (χ0v) is 5.07. The Kier molecular flexibility index (Phi) is 0.943. The summed E-state index contributed by atoms with van der Waals surface area (Å²) in [6.07, 6.45) is 3.02. The Bertz CT molecular complexity index is 285. The summed E-state index contributed by atoms with van der Waals surface area (Å²) in [5, 5.41) is 0. The van der Waals surface area contributed by atoms with E-state index in [0.717, 1.165) is 0 Å². The van der Waals surface area contributed by atoms with Crippen molar-refractivity contribution in [2.24, 2.45) is 0 Å². The van der Waals surface area contributed by atoms with E-state index in [0.29, 0.717) is 11.4 Å². The van der Waals surface area contributed by atoms with Gasteiger partial charge in [-0.2, -0.15) is 0 Å². The quantitative estimate of drug-likeness (QED) is 0.476. The average molecular weight is 136 g/mol. The Labute approximate surface area is 56.9 Å². The van der Waals surface area contributed by atoms with E-state index in [1.54, 1.807) is 6.20 Å². The normalized spacial score (nSPS) is 14.6. The number of esters is 1. The van der Waals surface area contributed by atoms with Crippen LogP contribution in [0.1, 0.15) is 16.2 Å². The van der Waals surface area contributed by atoms with Gasteiger partial charge in [-0.25, -0.2) is 9.78 Å². The summed E-state index contributed by atoms with van der Waals surface area (Å²) >= 11 is 0. The molecule has 0 fully saturated rings. The largest absolute Gasteiger partial charge is 0.454 e. The van der Waals surface area contributed by atoms with Gasteiger partial charge in [0, 0.05) is 12.4 Å². The molecule has 50 valence electrons. The summed E-state index contributed by atoms with van der Waals surface area (Å²) in [7, 11) is 0. The Balaban J connectivity index is 2.61. The lowest BCUT2D eigenvalue weighted by atomic mass is 10.3. The van der Waals surface area contributed by atoms with Gasteiger partial charge in [-0.1, -0.05) is 0 Å². The third-order valence-corrected chi connectivity index (χ3v) is 1.31. The molecule has 1 aliphatic rings. The van der Waals surface area contributed by atoms with Crippen molar-refractivity contribution in [1.29, 1.82) is 0 Å². The number of rotatable bonds is 0. The summed E-state index contributed by atoms with van der Waals surface area (Å²) < 4.78 is 4.66. The van der Waals surface area contributed by atoms with Crippen molar-refractivity contribution < 1.29 is 9.53 Å². The molecule has 0 unspecified atom stereocenters. The minimum absolute atomic E-state index is 0.266. The highest BCUT2D eigenvalue weighted by Crippen LogP contribution is 2.12. The van der Waals surface area contributed by atoms with Crippen molar-refractivity contribution in [3.8, 4) is 0 Å². The van der Waals surface area contributed by atoms with E-state index in [-0.39, 0.29) is 12.6 Å². The van der Waals surface area contributed by atoms with Gasteiger partial charge in [0.15, 0.2) is 5.69 Å². The molecule has 0 saturated carbocycles. The highest BCUT2D eigenvalue weighted by molar-refractivity contribution is 5.90. The Hall–Kier alpha value is -1.45. The van der Waals surface area contributed by atoms with Crippen molar-refractivity contribution in [3.05, 3.63) is 23.8 Å². The molecule has 0 saturated heterocycles. The maximum atomic E-state index is 10.7. The first-order chi connectivity index (χ1) is 4.88. The summed E-state index contributed by atoms with van der Waals surface area (Å²) in [6, 6.07) is 0. The highest BCUT2D eigenvalue weighted by atomic mass is 16.5. The van der Waals surface area contributed by atoms with Crippen LogP contribution in [-0.4, -0.2) is 15.9 Å². The number of hydrogen-bond donors (Lipinski definition) is 0. The summed E-state index contributed by atoms with van der Waals surface area (Å²) in [6.45, 7) is 0.266. The number of nitrogens with zero attached hydrogens (tertiary/aromatic N) is 2. The van der Waals surface area contributed by atoms with Crippen LogP contribution in [-0.2, 0) is 11.3 Å². The van der Waals surface area contributed by atoms with Gasteiger partial charge in [0.25, 0.3) is 0 Å². The van der Waals surface area contributed by atoms with Crippen LogP contribution in [0.2, 0.25) is 0 Å². The smallest absolute Gasteiger partial charge is 0.359 e. The van der Waals surface area contributed by atoms with Gasteiger partial charge in [-0.3, -0.25) is 4.98 Å². The molecule has 1 aromatic heterocycles. The minimum Gasteiger partial charge on any atom is -0.454 e. The fourth-order valence-corrected chi connectivity index (χ4v) is 0.845. The van der Waals surface area contributed by atoms with Crippen LogP contribution in [0.15, 0.2) is 12.4 Å². The van der Waals surface area contributed by atoms with E-state index in [1.807, 2.05) is 0 Å². The molecule has 4 nitrogen and oxygen atoms in total. The highest BCUT2D eigenvalue weighted by Gasteiger charge is 2.22. The number of ether oxygens (including phenoxy) is 1. The molecule has 10 heavy (non-hydrogen) atoms. The Morgan fingerprint density at radius 2 is 2.20 bits per heavy atom. The molecule has 0 radical (unpaired) electrons. The standard InChI is InChI=1S/C6H4N2O2/c9-6-5-4(3-10-6)7-1-2-8-5/h1-2H,3H2. The fourth-order valence-electron chi connectivity index (χ4n) is 0.845. The molecule has 2 rings (SSSR count). The zero-order valence-electron chi connectivity index (χ0n) is 5.07. The van der Waals surface area contributed by atoms with Crippen LogP contribution in [0.4, 0.5) is 0 Å². The lowest BCUT2D eigenvalue weighted by Crippen LogP contribution is -1.97. The molecule has 0 spiro atoms. The van der Waals surface area contributed by atoms with Crippen molar-refractivity contribution in [2.45, 2.75) is 6.61 Å². The van der Waals surface area contributed by atoms with Crippen LogP contribution in [0.5, 0.6) is 0 Å². The lowest BCUT2D eigenvalue weighted by Gasteiger charge is -1.86. The third kappa shape index (κ3) is 0.586. The van der Waals surface area contributed by atoms with Gasteiger partial charge in [0.05, 0.1) is 0 Å². The second-order valence-electron chi connectivity index (χ2n) is 1.93. The van der Waals surface area contributed by atoms with Crippen LogP contribution in [0.3, 0.4) is 0 Å².